The van der Waals surface area contributed by atoms with Gasteiger partial charge < -0.3 is 0 Å². The van der Waals surface area contributed by atoms with Crippen LogP contribution in [0, 0.1) is 32.1 Å². The van der Waals surface area contributed by atoms with E-state index in [1.807, 2.05) is 20.8 Å². The zero-order valence-electron chi connectivity index (χ0n) is 11.6. The van der Waals surface area contributed by atoms with E-state index in [1.54, 1.807) is 4.68 Å². The molecule has 1 aromatic heterocycles. The molecule has 1 heterocycles. The lowest BCUT2D eigenvalue weighted by Crippen LogP contribution is -2.03. The minimum atomic E-state index is 0.398. The van der Waals surface area contributed by atoms with Gasteiger partial charge in [-0.2, -0.15) is 10.4 Å². The molecular weight excluding hydrogens is 258 g/mol. The van der Waals surface area contributed by atoms with Crippen molar-refractivity contribution in [2.45, 2.75) is 34.1 Å². The van der Waals surface area contributed by atoms with Crippen molar-refractivity contribution in [3.05, 3.63) is 45.2 Å². The van der Waals surface area contributed by atoms with Crippen LogP contribution in [0.2, 0.25) is 5.15 Å². The third kappa shape index (κ3) is 2.24. The molecular formula is C15H16ClN3. The molecule has 0 spiro atoms. The fourth-order valence-electron chi connectivity index (χ4n) is 2.45. The summed E-state index contributed by atoms with van der Waals surface area (Å²) in [7, 11) is 0. The highest BCUT2D eigenvalue weighted by atomic mass is 35.5. The largest absolute Gasteiger partial charge is 0.220 e. The van der Waals surface area contributed by atoms with Gasteiger partial charge in [-0.05, 0) is 38.3 Å². The molecule has 0 unspecified atom stereocenters. The first-order chi connectivity index (χ1) is 8.99. The number of aromatic nitrogens is 2. The topological polar surface area (TPSA) is 41.6 Å². The third-order valence-corrected chi connectivity index (χ3v) is 3.54. The normalized spacial score (nSPS) is 10.5. The second kappa shape index (κ2) is 5.07. The van der Waals surface area contributed by atoms with Gasteiger partial charge in [-0.15, -0.1) is 0 Å². The number of hydrogen-bond donors (Lipinski definition) is 0. The van der Waals surface area contributed by atoms with Gasteiger partial charge in [0.25, 0.3) is 0 Å². The standard InChI is InChI=1S/C15H16ClN3/c1-5-13-12(8-17)15(16)19(18-13)14-10(3)6-9(2)7-11(14)4/h6-7H,5H2,1-4H3. The maximum absolute atomic E-state index is 9.19. The van der Waals surface area contributed by atoms with E-state index in [0.29, 0.717) is 17.1 Å². The van der Waals surface area contributed by atoms with E-state index in [1.165, 1.54) is 5.56 Å². The van der Waals surface area contributed by atoms with Crippen LogP contribution in [0.4, 0.5) is 0 Å². The molecule has 19 heavy (non-hydrogen) atoms. The molecule has 2 aromatic rings. The Morgan fingerprint density at radius 1 is 1.26 bits per heavy atom. The molecule has 4 heteroatoms. The van der Waals surface area contributed by atoms with Crippen LogP contribution in [0.3, 0.4) is 0 Å². The molecule has 0 aliphatic carbocycles. The van der Waals surface area contributed by atoms with Gasteiger partial charge in [0.15, 0.2) is 5.15 Å². The second-order valence-corrected chi connectivity index (χ2v) is 5.10. The van der Waals surface area contributed by atoms with Crippen molar-refractivity contribution in [1.82, 2.24) is 9.78 Å². The Morgan fingerprint density at radius 3 is 2.26 bits per heavy atom. The Hall–Kier alpha value is -1.79. The van der Waals surface area contributed by atoms with E-state index in [-0.39, 0.29) is 0 Å². The summed E-state index contributed by atoms with van der Waals surface area (Å²) in [4.78, 5) is 0. The highest BCUT2D eigenvalue weighted by Gasteiger charge is 2.18. The van der Waals surface area contributed by atoms with E-state index in [0.717, 1.165) is 22.5 Å². The van der Waals surface area contributed by atoms with Crippen molar-refractivity contribution in [1.29, 1.82) is 5.26 Å². The number of hydrogen-bond acceptors (Lipinski definition) is 2. The number of aryl methyl sites for hydroxylation is 4. The molecule has 2 rings (SSSR count). The fraction of sp³-hybridized carbons (Fsp3) is 0.333. The molecule has 0 aliphatic heterocycles. The minimum absolute atomic E-state index is 0.398. The lowest BCUT2D eigenvalue weighted by molar-refractivity contribution is 0.830. The third-order valence-electron chi connectivity index (χ3n) is 3.20. The van der Waals surface area contributed by atoms with Gasteiger partial charge in [-0.1, -0.05) is 36.2 Å². The molecule has 0 atom stereocenters. The van der Waals surface area contributed by atoms with E-state index in [4.69, 9.17) is 11.6 Å². The van der Waals surface area contributed by atoms with Crippen molar-refractivity contribution in [3.63, 3.8) is 0 Å². The molecule has 3 nitrogen and oxygen atoms in total. The minimum Gasteiger partial charge on any atom is -0.220 e. The van der Waals surface area contributed by atoms with E-state index < -0.39 is 0 Å². The zero-order chi connectivity index (χ0) is 14.2. The maximum Gasteiger partial charge on any atom is 0.150 e. The summed E-state index contributed by atoms with van der Waals surface area (Å²) in [5.41, 5.74) is 5.60. The highest BCUT2D eigenvalue weighted by molar-refractivity contribution is 6.31. The molecule has 0 N–H and O–H groups in total. The molecule has 1 aromatic carbocycles. The van der Waals surface area contributed by atoms with Crippen molar-refractivity contribution in [3.8, 4) is 11.8 Å². The fourth-order valence-corrected chi connectivity index (χ4v) is 2.73. The van der Waals surface area contributed by atoms with Crippen LogP contribution in [0.1, 0.15) is 34.9 Å². The Bertz CT molecular complexity index is 654. The quantitative estimate of drug-likeness (QED) is 0.833. The van der Waals surface area contributed by atoms with E-state index >= 15 is 0 Å². The van der Waals surface area contributed by atoms with Crippen LogP contribution in [-0.2, 0) is 6.42 Å². The number of nitrogens with zero attached hydrogens (tertiary/aromatic N) is 3. The summed E-state index contributed by atoms with van der Waals surface area (Å²) in [6, 6.07) is 6.33. The van der Waals surface area contributed by atoms with Crippen molar-refractivity contribution < 1.29 is 0 Å². The van der Waals surface area contributed by atoms with Crippen LogP contribution < -0.4 is 0 Å². The van der Waals surface area contributed by atoms with Gasteiger partial charge in [0, 0.05) is 0 Å². The SMILES string of the molecule is CCc1nn(-c2c(C)cc(C)cc2C)c(Cl)c1C#N. The molecule has 0 saturated heterocycles. The lowest BCUT2D eigenvalue weighted by atomic mass is 10.1. The van der Waals surface area contributed by atoms with Gasteiger partial charge in [-0.25, -0.2) is 4.68 Å². The zero-order valence-corrected chi connectivity index (χ0v) is 12.3. The van der Waals surface area contributed by atoms with E-state index in [9.17, 15) is 5.26 Å². The molecule has 0 bridgehead atoms. The number of rotatable bonds is 2. The summed E-state index contributed by atoms with van der Waals surface area (Å²) in [5.74, 6) is 0. The van der Waals surface area contributed by atoms with Crippen LogP contribution in [0.5, 0.6) is 0 Å². The first-order valence-electron chi connectivity index (χ1n) is 6.25. The van der Waals surface area contributed by atoms with Crippen molar-refractivity contribution in [2.75, 3.05) is 0 Å². The van der Waals surface area contributed by atoms with Crippen LogP contribution in [-0.4, -0.2) is 9.78 Å². The predicted octanol–water partition coefficient (Wildman–Crippen LogP) is 3.89. The Morgan fingerprint density at radius 2 is 1.84 bits per heavy atom. The van der Waals surface area contributed by atoms with Crippen LogP contribution in [0.25, 0.3) is 5.69 Å². The van der Waals surface area contributed by atoms with Gasteiger partial charge in [0.1, 0.15) is 11.6 Å². The molecule has 0 radical (unpaired) electrons. The Kier molecular flexibility index (Phi) is 3.64. The summed E-state index contributed by atoms with van der Waals surface area (Å²) < 4.78 is 1.68. The Balaban J connectivity index is 2.74. The van der Waals surface area contributed by atoms with E-state index in [2.05, 4.69) is 30.2 Å². The van der Waals surface area contributed by atoms with Gasteiger partial charge >= 0.3 is 0 Å². The predicted molar refractivity (Wildman–Crippen MR) is 76.9 cm³/mol. The first kappa shape index (κ1) is 13.6. The summed E-state index contributed by atoms with van der Waals surface area (Å²) in [5, 5.41) is 14.1. The number of nitriles is 1. The first-order valence-corrected chi connectivity index (χ1v) is 6.63. The lowest BCUT2D eigenvalue weighted by Gasteiger charge is -2.12. The molecule has 98 valence electrons. The van der Waals surface area contributed by atoms with Crippen molar-refractivity contribution in [2.24, 2.45) is 0 Å². The summed E-state index contributed by atoms with van der Waals surface area (Å²) >= 11 is 6.30. The number of halogens is 1. The smallest absolute Gasteiger partial charge is 0.150 e. The van der Waals surface area contributed by atoms with Crippen LogP contribution >= 0.6 is 11.6 Å². The second-order valence-electron chi connectivity index (χ2n) is 4.74. The van der Waals surface area contributed by atoms with Crippen molar-refractivity contribution >= 4 is 11.6 Å². The molecule has 0 aliphatic rings. The average Bonchev–Trinajstić information content (AvgIpc) is 2.65. The molecule has 0 saturated carbocycles. The number of benzene rings is 1. The van der Waals surface area contributed by atoms with Gasteiger partial charge in [0.05, 0.1) is 11.4 Å². The molecule has 0 amide bonds. The summed E-state index contributed by atoms with van der Waals surface area (Å²) in [6.07, 6.45) is 0.694. The van der Waals surface area contributed by atoms with Crippen LogP contribution in [0.15, 0.2) is 12.1 Å². The van der Waals surface area contributed by atoms with Gasteiger partial charge in [-0.3, -0.25) is 0 Å². The van der Waals surface area contributed by atoms with Gasteiger partial charge in [0.2, 0.25) is 0 Å². The summed E-state index contributed by atoms with van der Waals surface area (Å²) in [6.45, 7) is 8.10. The highest BCUT2D eigenvalue weighted by Crippen LogP contribution is 2.28. The monoisotopic (exact) mass is 273 g/mol. The Labute approximate surface area is 118 Å². The average molecular weight is 274 g/mol. The maximum atomic E-state index is 9.19. The molecule has 0 fully saturated rings.